The minimum Gasteiger partial charge on any atom is -0.493 e. The number of amides is 2. The number of aromatic nitrogens is 2. The van der Waals surface area contributed by atoms with Gasteiger partial charge in [-0.2, -0.15) is 5.10 Å². The van der Waals surface area contributed by atoms with Gasteiger partial charge in [0.1, 0.15) is 6.61 Å². The maximum atomic E-state index is 12.2. The quantitative estimate of drug-likeness (QED) is 0.605. The number of ether oxygens (including phenoxy) is 4. The Hall–Kier alpha value is -3.88. The van der Waals surface area contributed by atoms with E-state index in [0.29, 0.717) is 36.9 Å². The number of para-hydroxylation sites is 2. The van der Waals surface area contributed by atoms with Crippen molar-refractivity contribution >= 4 is 11.7 Å². The normalized spacial score (nSPS) is 14.6. The number of nitrogens with one attached hydrogen (secondary N) is 2. The molecule has 0 bridgehead atoms. The van der Waals surface area contributed by atoms with Gasteiger partial charge in [0.2, 0.25) is 0 Å². The first-order valence-corrected chi connectivity index (χ1v) is 9.81. The zero-order valence-electron chi connectivity index (χ0n) is 17.3. The molecule has 1 aromatic heterocycles. The summed E-state index contributed by atoms with van der Waals surface area (Å²) >= 11 is 0. The summed E-state index contributed by atoms with van der Waals surface area (Å²) in [6.45, 7) is 1.28. The lowest BCUT2D eigenvalue weighted by Gasteiger charge is -2.26. The first kappa shape index (κ1) is 20.4. The number of nitrogens with zero attached hydrogens (tertiary/aromatic N) is 2. The molecule has 0 aliphatic carbocycles. The number of hydrogen-bond acceptors (Lipinski definition) is 6. The Balaban J connectivity index is 1.27. The van der Waals surface area contributed by atoms with Gasteiger partial charge >= 0.3 is 6.03 Å². The summed E-state index contributed by atoms with van der Waals surface area (Å²) in [4.78, 5) is 12.2. The van der Waals surface area contributed by atoms with E-state index in [0.717, 1.165) is 17.1 Å². The van der Waals surface area contributed by atoms with Crippen LogP contribution >= 0.6 is 0 Å². The van der Waals surface area contributed by atoms with Crippen LogP contribution in [0.25, 0.3) is 0 Å². The zero-order valence-corrected chi connectivity index (χ0v) is 17.3. The van der Waals surface area contributed by atoms with Crippen LogP contribution in [0.15, 0.2) is 54.9 Å². The first-order valence-electron chi connectivity index (χ1n) is 9.81. The number of carbonyl (C=O) groups excluding carboxylic acids is 1. The van der Waals surface area contributed by atoms with Crippen molar-refractivity contribution in [2.75, 3.05) is 26.1 Å². The molecule has 0 saturated heterocycles. The molecule has 0 saturated carbocycles. The van der Waals surface area contributed by atoms with E-state index in [1.165, 1.54) is 0 Å². The minimum absolute atomic E-state index is 0.165. The van der Waals surface area contributed by atoms with Crippen molar-refractivity contribution in [2.24, 2.45) is 0 Å². The Labute approximate surface area is 179 Å². The minimum atomic E-state index is -0.333. The second-order valence-corrected chi connectivity index (χ2v) is 6.95. The monoisotopic (exact) mass is 424 g/mol. The molecule has 9 nitrogen and oxygen atoms in total. The maximum Gasteiger partial charge on any atom is 0.319 e. The van der Waals surface area contributed by atoms with E-state index in [1.807, 2.05) is 36.4 Å². The highest BCUT2D eigenvalue weighted by Crippen LogP contribution is 2.31. The number of fused-ring (bicyclic) bond motifs is 1. The van der Waals surface area contributed by atoms with Crippen molar-refractivity contribution in [3.05, 3.63) is 60.4 Å². The van der Waals surface area contributed by atoms with E-state index in [1.54, 1.807) is 37.4 Å². The second kappa shape index (κ2) is 9.29. The number of benzene rings is 2. The highest BCUT2D eigenvalue weighted by Gasteiger charge is 2.21. The van der Waals surface area contributed by atoms with Crippen molar-refractivity contribution in [1.82, 2.24) is 15.1 Å². The third kappa shape index (κ3) is 5.00. The molecule has 4 rings (SSSR count). The van der Waals surface area contributed by atoms with Gasteiger partial charge in [-0.25, -0.2) is 4.79 Å². The first-order chi connectivity index (χ1) is 15.1. The SMILES string of the molecule is COc1ccc(CNC(=O)Nc2cnn(CC3COc4ccccc4O3)c2)cc1OC. The summed E-state index contributed by atoms with van der Waals surface area (Å²) < 4.78 is 23.9. The van der Waals surface area contributed by atoms with Gasteiger partial charge in [0.15, 0.2) is 29.1 Å². The van der Waals surface area contributed by atoms with Gasteiger partial charge in [-0.3, -0.25) is 4.68 Å². The molecule has 0 spiro atoms. The van der Waals surface area contributed by atoms with Gasteiger partial charge in [0.25, 0.3) is 0 Å². The fourth-order valence-electron chi connectivity index (χ4n) is 3.24. The third-order valence-electron chi connectivity index (χ3n) is 4.75. The summed E-state index contributed by atoms with van der Waals surface area (Å²) in [7, 11) is 3.15. The van der Waals surface area contributed by atoms with Crippen molar-refractivity contribution in [2.45, 2.75) is 19.2 Å². The Bertz CT molecular complexity index is 1050. The van der Waals surface area contributed by atoms with E-state index < -0.39 is 0 Å². The van der Waals surface area contributed by atoms with Crippen LogP contribution in [0.3, 0.4) is 0 Å². The molecule has 9 heteroatoms. The molecular formula is C22H24N4O5. The van der Waals surface area contributed by atoms with E-state index in [-0.39, 0.29) is 12.1 Å². The standard InChI is InChI=1S/C22H24N4O5/c1-28-18-8-7-15(9-21(18)29-2)10-23-22(27)25-16-11-24-26(12-16)13-17-14-30-19-5-3-4-6-20(19)31-17/h3-9,11-12,17H,10,13-14H2,1-2H3,(H2,23,25,27). The Kier molecular flexibility index (Phi) is 6.11. The average molecular weight is 424 g/mol. The number of hydrogen-bond donors (Lipinski definition) is 2. The van der Waals surface area contributed by atoms with Crippen LogP contribution in [0.5, 0.6) is 23.0 Å². The van der Waals surface area contributed by atoms with Crippen molar-refractivity contribution in [1.29, 1.82) is 0 Å². The smallest absolute Gasteiger partial charge is 0.319 e. The zero-order chi connectivity index (χ0) is 21.6. The topological polar surface area (TPSA) is 95.9 Å². The largest absolute Gasteiger partial charge is 0.493 e. The number of methoxy groups -OCH3 is 2. The van der Waals surface area contributed by atoms with Gasteiger partial charge in [-0.05, 0) is 29.8 Å². The Morgan fingerprint density at radius 1 is 1.16 bits per heavy atom. The van der Waals surface area contributed by atoms with Gasteiger partial charge < -0.3 is 29.6 Å². The van der Waals surface area contributed by atoms with Crippen molar-refractivity contribution < 1.29 is 23.7 Å². The average Bonchev–Trinajstić information content (AvgIpc) is 3.23. The van der Waals surface area contributed by atoms with Gasteiger partial charge in [-0.1, -0.05) is 18.2 Å². The molecule has 0 fully saturated rings. The van der Waals surface area contributed by atoms with Crippen molar-refractivity contribution in [3.63, 3.8) is 0 Å². The van der Waals surface area contributed by atoms with Crippen LogP contribution < -0.4 is 29.6 Å². The highest BCUT2D eigenvalue weighted by atomic mass is 16.6. The molecule has 1 unspecified atom stereocenters. The highest BCUT2D eigenvalue weighted by molar-refractivity contribution is 5.88. The molecular weight excluding hydrogens is 400 g/mol. The summed E-state index contributed by atoms with van der Waals surface area (Å²) in [5, 5.41) is 9.87. The molecule has 2 N–H and O–H groups in total. The molecule has 31 heavy (non-hydrogen) atoms. The lowest BCUT2D eigenvalue weighted by Crippen LogP contribution is -2.33. The number of carbonyl (C=O) groups is 1. The molecule has 162 valence electrons. The number of anilines is 1. The summed E-state index contributed by atoms with van der Waals surface area (Å²) in [5.74, 6) is 2.71. The lowest BCUT2D eigenvalue weighted by atomic mass is 10.2. The maximum absolute atomic E-state index is 12.2. The van der Waals surface area contributed by atoms with E-state index in [4.69, 9.17) is 18.9 Å². The number of urea groups is 1. The van der Waals surface area contributed by atoms with Crippen LogP contribution in [0.1, 0.15) is 5.56 Å². The van der Waals surface area contributed by atoms with Crippen LogP contribution in [0, 0.1) is 0 Å². The van der Waals surface area contributed by atoms with Gasteiger partial charge in [-0.15, -0.1) is 0 Å². The van der Waals surface area contributed by atoms with Crippen LogP contribution in [0.4, 0.5) is 10.5 Å². The summed E-state index contributed by atoms with van der Waals surface area (Å²) in [6.07, 6.45) is 3.18. The second-order valence-electron chi connectivity index (χ2n) is 6.95. The Morgan fingerprint density at radius 2 is 1.97 bits per heavy atom. The van der Waals surface area contributed by atoms with Crippen LogP contribution in [-0.4, -0.2) is 42.7 Å². The van der Waals surface area contributed by atoms with Crippen molar-refractivity contribution in [3.8, 4) is 23.0 Å². The predicted molar refractivity (Wildman–Crippen MR) is 114 cm³/mol. The Morgan fingerprint density at radius 3 is 2.77 bits per heavy atom. The van der Waals surface area contributed by atoms with Gasteiger partial charge in [0, 0.05) is 12.7 Å². The molecule has 1 aliphatic heterocycles. The molecule has 2 amide bonds. The third-order valence-corrected chi connectivity index (χ3v) is 4.75. The summed E-state index contributed by atoms with van der Waals surface area (Å²) in [6, 6.07) is 12.7. The lowest BCUT2D eigenvalue weighted by molar-refractivity contribution is 0.0759. The van der Waals surface area contributed by atoms with Gasteiger partial charge in [0.05, 0.1) is 32.6 Å². The van der Waals surface area contributed by atoms with Crippen LogP contribution in [0.2, 0.25) is 0 Å². The fourth-order valence-corrected chi connectivity index (χ4v) is 3.24. The predicted octanol–water partition coefficient (Wildman–Crippen LogP) is 3.06. The molecule has 1 atom stereocenters. The molecule has 2 heterocycles. The van der Waals surface area contributed by atoms with E-state index >= 15 is 0 Å². The molecule has 1 aliphatic rings. The molecule has 3 aromatic rings. The number of rotatable bonds is 7. The molecule has 2 aromatic carbocycles. The fraction of sp³-hybridized carbons (Fsp3) is 0.273. The molecule has 0 radical (unpaired) electrons. The summed E-state index contributed by atoms with van der Waals surface area (Å²) in [5.41, 5.74) is 1.47. The van der Waals surface area contributed by atoms with E-state index in [9.17, 15) is 4.79 Å². The van der Waals surface area contributed by atoms with Crippen LogP contribution in [-0.2, 0) is 13.1 Å². The van der Waals surface area contributed by atoms with E-state index in [2.05, 4.69) is 15.7 Å².